The standard InChI is InChI=1S/C17H15NO2S/c1-12-2-4-13(5-3-12)9-18-15-8-14(10-19)6-7-16(15)21-11-17(18)20/h2-8,10H,9,11H2,1H3. The van der Waals surface area contributed by atoms with E-state index in [4.69, 9.17) is 0 Å². The smallest absolute Gasteiger partial charge is 0.237 e. The van der Waals surface area contributed by atoms with Gasteiger partial charge in [-0.15, -0.1) is 11.8 Å². The van der Waals surface area contributed by atoms with Crippen LogP contribution in [0.5, 0.6) is 0 Å². The second-order valence-electron chi connectivity index (χ2n) is 5.10. The molecule has 0 bridgehead atoms. The molecule has 2 aromatic rings. The van der Waals surface area contributed by atoms with Crippen LogP contribution < -0.4 is 4.90 Å². The SMILES string of the molecule is Cc1ccc(CN2C(=O)CSc3ccc(C=O)cc32)cc1. The molecule has 0 fully saturated rings. The van der Waals surface area contributed by atoms with E-state index in [2.05, 4.69) is 0 Å². The van der Waals surface area contributed by atoms with Gasteiger partial charge >= 0.3 is 0 Å². The third kappa shape index (κ3) is 2.85. The van der Waals surface area contributed by atoms with Crippen molar-refractivity contribution in [3.63, 3.8) is 0 Å². The van der Waals surface area contributed by atoms with E-state index in [0.29, 0.717) is 17.9 Å². The summed E-state index contributed by atoms with van der Waals surface area (Å²) in [7, 11) is 0. The molecule has 3 nitrogen and oxygen atoms in total. The predicted molar refractivity (Wildman–Crippen MR) is 84.9 cm³/mol. The van der Waals surface area contributed by atoms with E-state index in [9.17, 15) is 9.59 Å². The summed E-state index contributed by atoms with van der Waals surface area (Å²) in [6, 6.07) is 13.7. The predicted octanol–water partition coefficient (Wildman–Crippen LogP) is 3.45. The Morgan fingerprint density at radius 3 is 2.67 bits per heavy atom. The maximum atomic E-state index is 12.2. The normalized spacial score (nSPS) is 14.0. The number of hydrogen-bond acceptors (Lipinski definition) is 3. The number of hydrogen-bond donors (Lipinski definition) is 0. The Kier molecular flexibility index (Phi) is 3.80. The van der Waals surface area contributed by atoms with E-state index in [-0.39, 0.29) is 5.91 Å². The summed E-state index contributed by atoms with van der Waals surface area (Å²) in [6.07, 6.45) is 0.814. The second kappa shape index (κ2) is 5.74. The topological polar surface area (TPSA) is 37.4 Å². The fourth-order valence-corrected chi connectivity index (χ4v) is 3.26. The van der Waals surface area contributed by atoms with Crippen LogP contribution in [0, 0.1) is 6.92 Å². The number of thioether (sulfide) groups is 1. The van der Waals surface area contributed by atoms with E-state index in [1.807, 2.05) is 37.3 Å². The zero-order valence-corrected chi connectivity index (χ0v) is 12.5. The van der Waals surface area contributed by atoms with Crippen molar-refractivity contribution in [2.75, 3.05) is 10.7 Å². The lowest BCUT2D eigenvalue weighted by Gasteiger charge is -2.29. The fourth-order valence-electron chi connectivity index (χ4n) is 2.34. The molecule has 21 heavy (non-hydrogen) atoms. The Bertz CT molecular complexity index is 694. The van der Waals surface area contributed by atoms with Gasteiger partial charge in [-0.2, -0.15) is 0 Å². The monoisotopic (exact) mass is 297 g/mol. The number of benzene rings is 2. The van der Waals surface area contributed by atoms with Crippen molar-refractivity contribution < 1.29 is 9.59 Å². The summed E-state index contributed by atoms with van der Waals surface area (Å²) in [5.41, 5.74) is 3.71. The number of aldehydes is 1. The molecule has 1 aliphatic rings. The van der Waals surface area contributed by atoms with E-state index in [1.54, 1.807) is 17.0 Å². The van der Waals surface area contributed by atoms with Gasteiger partial charge in [-0.05, 0) is 24.6 Å². The van der Waals surface area contributed by atoms with E-state index < -0.39 is 0 Å². The minimum Gasteiger partial charge on any atom is -0.306 e. The number of rotatable bonds is 3. The molecule has 0 aromatic heterocycles. The quantitative estimate of drug-likeness (QED) is 0.814. The van der Waals surface area contributed by atoms with E-state index >= 15 is 0 Å². The Balaban J connectivity index is 1.96. The van der Waals surface area contributed by atoms with Crippen LogP contribution in [-0.2, 0) is 11.3 Å². The van der Waals surface area contributed by atoms with Crippen LogP contribution in [0.25, 0.3) is 0 Å². The summed E-state index contributed by atoms with van der Waals surface area (Å²) in [5, 5.41) is 0. The third-order valence-electron chi connectivity index (χ3n) is 3.52. The zero-order chi connectivity index (χ0) is 14.8. The van der Waals surface area contributed by atoms with Crippen molar-refractivity contribution in [2.45, 2.75) is 18.4 Å². The van der Waals surface area contributed by atoms with Crippen LogP contribution in [-0.4, -0.2) is 17.9 Å². The molecule has 0 aliphatic carbocycles. The average molecular weight is 297 g/mol. The lowest BCUT2D eigenvalue weighted by molar-refractivity contribution is -0.116. The van der Waals surface area contributed by atoms with Crippen LogP contribution in [0.3, 0.4) is 0 Å². The maximum absolute atomic E-state index is 12.2. The van der Waals surface area contributed by atoms with Gasteiger partial charge in [0.1, 0.15) is 6.29 Å². The van der Waals surface area contributed by atoms with Gasteiger partial charge in [0.15, 0.2) is 0 Å². The lowest BCUT2D eigenvalue weighted by atomic mass is 10.1. The van der Waals surface area contributed by atoms with Gasteiger partial charge in [-0.3, -0.25) is 9.59 Å². The molecular formula is C17H15NO2S. The first-order valence-electron chi connectivity index (χ1n) is 6.75. The number of fused-ring (bicyclic) bond motifs is 1. The van der Waals surface area contributed by atoms with Crippen LogP contribution in [0.2, 0.25) is 0 Å². The molecular weight excluding hydrogens is 282 g/mol. The molecule has 0 atom stereocenters. The summed E-state index contributed by atoms with van der Waals surface area (Å²) in [4.78, 5) is 26.0. The molecule has 4 heteroatoms. The second-order valence-corrected chi connectivity index (χ2v) is 6.12. The highest BCUT2D eigenvalue weighted by Crippen LogP contribution is 2.36. The first-order valence-corrected chi connectivity index (χ1v) is 7.74. The molecule has 0 N–H and O–H groups in total. The molecule has 0 unspecified atom stereocenters. The third-order valence-corrected chi connectivity index (χ3v) is 4.57. The Labute approximate surface area is 128 Å². The summed E-state index contributed by atoms with van der Waals surface area (Å²) in [6.45, 7) is 2.58. The van der Waals surface area contributed by atoms with E-state index in [1.165, 1.54) is 17.3 Å². The van der Waals surface area contributed by atoms with Gasteiger partial charge in [0, 0.05) is 10.5 Å². The molecule has 0 radical (unpaired) electrons. The molecule has 0 spiro atoms. The molecule has 106 valence electrons. The number of aryl methyl sites for hydroxylation is 1. The zero-order valence-electron chi connectivity index (χ0n) is 11.7. The summed E-state index contributed by atoms with van der Waals surface area (Å²) >= 11 is 1.53. The molecule has 0 saturated heterocycles. The maximum Gasteiger partial charge on any atom is 0.237 e. The first kappa shape index (κ1) is 13.9. The van der Waals surface area contributed by atoms with Gasteiger partial charge in [-0.25, -0.2) is 0 Å². The van der Waals surface area contributed by atoms with Gasteiger partial charge in [0.25, 0.3) is 0 Å². The summed E-state index contributed by atoms with van der Waals surface area (Å²) < 4.78 is 0. The molecule has 2 aromatic carbocycles. The molecule has 1 aliphatic heterocycles. The van der Waals surface area contributed by atoms with Crippen LogP contribution in [0.1, 0.15) is 21.5 Å². The number of amides is 1. The van der Waals surface area contributed by atoms with Crippen LogP contribution in [0.4, 0.5) is 5.69 Å². The molecule has 3 rings (SSSR count). The Morgan fingerprint density at radius 2 is 1.95 bits per heavy atom. The van der Waals surface area contributed by atoms with Crippen LogP contribution in [0.15, 0.2) is 47.4 Å². The van der Waals surface area contributed by atoms with Crippen molar-refractivity contribution in [1.82, 2.24) is 0 Å². The van der Waals surface area contributed by atoms with E-state index in [0.717, 1.165) is 22.4 Å². The lowest BCUT2D eigenvalue weighted by Crippen LogP contribution is -2.34. The highest BCUT2D eigenvalue weighted by atomic mass is 32.2. The minimum absolute atomic E-state index is 0.0797. The largest absolute Gasteiger partial charge is 0.306 e. The number of nitrogens with zero attached hydrogens (tertiary/aromatic N) is 1. The average Bonchev–Trinajstić information content (AvgIpc) is 2.51. The summed E-state index contributed by atoms with van der Waals surface area (Å²) in [5.74, 6) is 0.523. The highest BCUT2D eigenvalue weighted by Gasteiger charge is 2.25. The molecule has 1 amide bonds. The highest BCUT2D eigenvalue weighted by molar-refractivity contribution is 8.00. The van der Waals surface area contributed by atoms with Crippen molar-refractivity contribution in [3.05, 3.63) is 59.2 Å². The van der Waals surface area contributed by atoms with Gasteiger partial charge in [-0.1, -0.05) is 35.9 Å². The number of carbonyl (C=O) groups is 2. The minimum atomic E-state index is 0.0797. The fraction of sp³-hybridized carbons (Fsp3) is 0.176. The number of anilines is 1. The molecule has 0 saturated carbocycles. The van der Waals surface area contributed by atoms with Crippen molar-refractivity contribution in [1.29, 1.82) is 0 Å². The van der Waals surface area contributed by atoms with Crippen LogP contribution >= 0.6 is 11.8 Å². The van der Waals surface area contributed by atoms with Crippen molar-refractivity contribution in [3.8, 4) is 0 Å². The van der Waals surface area contributed by atoms with Crippen molar-refractivity contribution in [2.24, 2.45) is 0 Å². The number of carbonyl (C=O) groups excluding carboxylic acids is 2. The Morgan fingerprint density at radius 1 is 1.19 bits per heavy atom. The first-order chi connectivity index (χ1) is 10.2. The Hall–Kier alpha value is -2.07. The van der Waals surface area contributed by atoms with Gasteiger partial charge in [0.05, 0.1) is 18.0 Å². The van der Waals surface area contributed by atoms with Crippen molar-refractivity contribution >= 4 is 29.6 Å². The van der Waals surface area contributed by atoms with Gasteiger partial charge < -0.3 is 4.90 Å². The molecule has 1 heterocycles. The van der Waals surface area contributed by atoms with Gasteiger partial charge in [0.2, 0.25) is 5.91 Å².